The van der Waals surface area contributed by atoms with Crippen LogP contribution in [0, 0.1) is 0 Å². The topological polar surface area (TPSA) is 75.3 Å². The largest absolute Gasteiger partial charge is 0.416 e. The van der Waals surface area contributed by atoms with Crippen LogP contribution in [0.4, 0.5) is 26.3 Å². The van der Waals surface area contributed by atoms with Gasteiger partial charge in [-0.05, 0) is 46.2 Å². The van der Waals surface area contributed by atoms with Crippen LogP contribution >= 0.6 is 0 Å². The van der Waals surface area contributed by atoms with Gasteiger partial charge < -0.3 is 10.6 Å². The van der Waals surface area contributed by atoms with E-state index in [2.05, 4.69) is 5.32 Å². The maximum Gasteiger partial charge on any atom is 0.416 e. The normalized spacial score (nSPS) is 18.7. The van der Waals surface area contributed by atoms with Crippen LogP contribution in [0.15, 0.2) is 66.7 Å². The fourth-order valence-electron chi connectivity index (χ4n) is 4.02. The maximum atomic E-state index is 13.7. The lowest BCUT2D eigenvalue weighted by Gasteiger charge is -2.26. The van der Waals surface area contributed by atoms with E-state index in [0.717, 1.165) is 18.2 Å². The third-order valence-corrected chi connectivity index (χ3v) is 7.44. The average molecular weight is 555 g/mol. The molecule has 3 aromatic carbocycles. The van der Waals surface area contributed by atoms with Gasteiger partial charge in [0.25, 0.3) is 5.91 Å². The van der Waals surface area contributed by atoms with Gasteiger partial charge in [0.15, 0.2) is 6.04 Å². The first kappa shape index (κ1) is 27.4. The molecule has 0 aliphatic carbocycles. The summed E-state index contributed by atoms with van der Waals surface area (Å²) in [5, 5.41) is 5.61. The van der Waals surface area contributed by atoms with Crippen molar-refractivity contribution in [1.29, 1.82) is 0 Å². The van der Waals surface area contributed by atoms with E-state index >= 15 is 0 Å². The molecule has 0 aromatic heterocycles. The zero-order chi connectivity index (χ0) is 27.7. The van der Waals surface area contributed by atoms with Gasteiger partial charge in [0.1, 0.15) is 0 Å². The molecule has 4 rings (SSSR count). The van der Waals surface area contributed by atoms with Crippen molar-refractivity contribution < 1.29 is 40.1 Å². The summed E-state index contributed by atoms with van der Waals surface area (Å²) in [6, 6.07) is 9.58. The lowest BCUT2D eigenvalue weighted by molar-refractivity contribution is -0.162. The molecule has 1 heterocycles. The number of fused-ring (bicyclic) bond motifs is 1. The van der Waals surface area contributed by atoms with Crippen molar-refractivity contribution in [2.75, 3.05) is 11.5 Å². The summed E-state index contributed by atoms with van der Waals surface area (Å²) < 4.78 is 91.2. The predicted molar refractivity (Wildman–Crippen MR) is 130 cm³/mol. The Hall–Kier alpha value is -3.67. The molecule has 0 spiro atoms. The summed E-state index contributed by atoms with van der Waals surface area (Å²) in [7, 11) is -0.943. The fraction of sp³-hybridized carbons (Fsp3) is 0.231. The van der Waals surface area contributed by atoms with Gasteiger partial charge in [-0.15, -0.1) is 0 Å². The first-order chi connectivity index (χ1) is 17.8. The number of amides is 2. The van der Waals surface area contributed by atoms with E-state index in [1.54, 1.807) is 29.6 Å². The van der Waals surface area contributed by atoms with Crippen LogP contribution in [-0.4, -0.2) is 39.7 Å². The summed E-state index contributed by atoms with van der Waals surface area (Å²) >= 11 is 0. The van der Waals surface area contributed by atoms with Crippen molar-refractivity contribution in [3.05, 3.63) is 89.0 Å². The number of benzene rings is 3. The number of halogens is 6. The highest BCUT2D eigenvalue weighted by Crippen LogP contribution is 2.36. The fourth-order valence-corrected chi connectivity index (χ4v) is 4.98. The van der Waals surface area contributed by atoms with Gasteiger partial charge in [-0.1, -0.05) is 42.5 Å². The van der Waals surface area contributed by atoms with Crippen molar-refractivity contribution in [3.63, 3.8) is 0 Å². The van der Waals surface area contributed by atoms with Gasteiger partial charge in [0.2, 0.25) is 5.91 Å². The van der Waals surface area contributed by atoms with Gasteiger partial charge in [-0.25, -0.2) is 0 Å². The second-order valence-electron chi connectivity index (χ2n) is 8.63. The molecule has 0 bridgehead atoms. The molecule has 1 aliphatic heterocycles. The van der Waals surface area contributed by atoms with Crippen molar-refractivity contribution >= 4 is 39.5 Å². The molecule has 1 unspecified atom stereocenters. The number of rotatable bonds is 6. The Morgan fingerprint density at radius 1 is 0.921 bits per heavy atom. The first-order valence-electron chi connectivity index (χ1n) is 11.2. The first-order valence-corrected chi connectivity index (χ1v) is 12.7. The van der Waals surface area contributed by atoms with Crippen LogP contribution in [0.5, 0.6) is 0 Å². The van der Waals surface area contributed by atoms with Crippen molar-refractivity contribution in [2.45, 2.75) is 24.4 Å². The van der Waals surface area contributed by atoms with Gasteiger partial charge in [0, 0.05) is 33.9 Å². The Kier molecular flexibility index (Phi) is 7.63. The molecule has 200 valence electrons. The summed E-state index contributed by atoms with van der Waals surface area (Å²) in [6.07, 6.45) is -7.80. The zero-order valence-electron chi connectivity index (χ0n) is 19.4. The molecule has 0 radical (unpaired) electrons. The Morgan fingerprint density at radius 2 is 1.61 bits per heavy atom. The number of hydrogen-bond acceptors (Lipinski definition) is 3. The molecule has 1 saturated heterocycles. The SMILES string of the molecule is O=C(/C=C/c1ccc(C(=O)NC2CS(=O)C2)c2ccccc12)NC(c1cccc(C(F)(F)F)c1)C(F)(F)F. The summed E-state index contributed by atoms with van der Waals surface area (Å²) in [5.41, 5.74) is -1.26. The lowest BCUT2D eigenvalue weighted by atomic mass is 9.98. The number of nitrogens with one attached hydrogen (secondary N) is 2. The molecule has 1 atom stereocenters. The molecule has 38 heavy (non-hydrogen) atoms. The average Bonchev–Trinajstić information content (AvgIpc) is 2.83. The third kappa shape index (κ3) is 6.24. The van der Waals surface area contributed by atoms with Crippen molar-refractivity contribution in [2.24, 2.45) is 0 Å². The van der Waals surface area contributed by atoms with Crippen LogP contribution in [0.1, 0.15) is 33.1 Å². The number of hydrogen-bond donors (Lipinski definition) is 2. The van der Waals surface area contributed by atoms with Gasteiger partial charge in [-0.2, -0.15) is 26.3 Å². The molecule has 12 heteroatoms. The Balaban J connectivity index is 1.56. The van der Waals surface area contributed by atoms with Gasteiger partial charge in [0.05, 0.1) is 11.6 Å². The van der Waals surface area contributed by atoms with Crippen LogP contribution in [0.25, 0.3) is 16.8 Å². The maximum absolute atomic E-state index is 13.7. The molecule has 0 saturated carbocycles. The van der Waals surface area contributed by atoms with E-state index in [1.165, 1.54) is 18.2 Å². The zero-order valence-corrected chi connectivity index (χ0v) is 20.2. The van der Waals surface area contributed by atoms with Crippen LogP contribution in [0.2, 0.25) is 0 Å². The van der Waals surface area contributed by atoms with Gasteiger partial charge in [-0.3, -0.25) is 13.8 Å². The number of alkyl halides is 6. The summed E-state index contributed by atoms with van der Waals surface area (Å²) in [4.78, 5) is 25.1. The number of carbonyl (C=O) groups excluding carboxylic acids is 2. The second-order valence-corrected chi connectivity index (χ2v) is 10.2. The van der Waals surface area contributed by atoms with E-state index in [1.807, 2.05) is 0 Å². The third-order valence-electron chi connectivity index (χ3n) is 5.89. The molecule has 2 N–H and O–H groups in total. The summed E-state index contributed by atoms with van der Waals surface area (Å²) in [5.74, 6) is -0.795. The minimum atomic E-state index is -5.05. The van der Waals surface area contributed by atoms with E-state index in [0.29, 0.717) is 45.5 Å². The lowest BCUT2D eigenvalue weighted by Crippen LogP contribution is -2.50. The Labute approximate surface area is 215 Å². The van der Waals surface area contributed by atoms with Crippen LogP contribution in [0.3, 0.4) is 0 Å². The summed E-state index contributed by atoms with van der Waals surface area (Å²) in [6.45, 7) is 0. The second kappa shape index (κ2) is 10.6. The van der Waals surface area contributed by atoms with Crippen molar-refractivity contribution in [3.8, 4) is 0 Å². The quantitative estimate of drug-likeness (QED) is 0.327. The van der Waals surface area contributed by atoms with Gasteiger partial charge >= 0.3 is 12.4 Å². The highest BCUT2D eigenvalue weighted by molar-refractivity contribution is 7.86. The minimum Gasteiger partial charge on any atom is -0.347 e. The minimum absolute atomic E-state index is 0.191. The molecule has 1 aliphatic rings. The van der Waals surface area contributed by atoms with Crippen LogP contribution < -0.4 is 10.6 Å². The standard InChI is InChI=1S/C26H20F6N2O3S/c27-25(28,29)17-5-3-4-16(12-17)23(26(30,31)32)34-22(35)11-9-15-8-10-21(20-7-2-1-6-19(15)20)24(36)33-18-13-38(37)14-18/h1-12,18,23H,13-14H2,(H,33,36)(H,34,35)/b11-9+. The Morgan fingerprint density at radius 3 is 2.24 bits per heavy atom. The van der Waals surface area contributed by atoms with Crippen LogP contribution in [-0.2, 0) is 21.8 Å². The molecule has 3 aromatic rings. The monoisotopic (exact) mass is 554 g/mol. The number of carbonyl (C=O) groups is 2. The highest BCUT2D eigenvalue weighted by atomic mass is 32.2. The van der Waals surface area contributed by atoms with E-state index in [-0.39, 0.29) is 11.9 Å². The Bertz CT molecular complexity index is 1430. The smallest absolute Gasteiger partial charge is 0.347 e. The molecule has 2 amide bonds. The molecule has 5 nitrogen and oxygen atoms in total. The highest BCUT2D eigenvalue weighted by Gasteiger charge is 2.42. The predicted octanol–water partition coefficient (Wildman–Crippen LogP) is 5.15. The van der Waals surface area contributed by atoms with E-state index in [9.17, 15) is 40.1 Å². The molecular weight excluding hydrogens is 534 g/mol. The van der Waals surface area contributed by atoms with Crippen molar-refractivity contribution in [1.82, 2.24) is 10.6 Å². The van der Waals surface area contributed by atoms with E-state index < -0.39 is 46.2 Å². The van der Waals surface area contributed by atoms with E-state index in [4.69, 9.17) is 0 Å². The molecular formula is C26H20F6N2O3S. The molecule has 1 fully saturated rings.